The fourth-order valence-corrected chi connectivity index (χ4v) is 8.96. The molecule has 2 saturated heterocycles. The lowest BCUT2D eigenvalue weighted by atomic mass is 9.89. The van der Waals surface area contributed by atoms with E-state index >= 15 is 0 Å². The number of β-lactam (4-membered cyclic amide) rings is 1. The van der Waals surface area contributed by atoms with Crippen LogP contribution in [-0.2, 0) is 25.4 Å². The Kier molecular flexibility index (Phi) is 6.21. The summed E-state index contributed by atoms with van der Waals surface area (Å²) >= 11 is 5.20. The van der Waals surface area contributed by atoms with Crippen molar-refractivity contribution in [1.29, 1.82) is 0 Å². The average Bonchev–Trinajstić information content (AvgIpc) is 3.43. The Bertz CT molecular complexity index is 984. The zero-order valence-electron chi connectivity index (χ0n) is 15.5. The van der Waals surface area contributed by atoms with Crippen molar-refractivity contribution in [3.05, 3.63) is 23.0 Å². The second kappa shape index (κ2) is 8.57. The number of aromatic nitrogens is 2. The van der Waals surface area contributed by atoms with Gasteiger partial charge in [0.15, 0.2) is 21.4 Å². The van der Waals surface area contributed by atoms with E-state index in [2.05, 4.69) is 10.2 Å². The lowest BCUT2D eigenvalue weighted by Gasteiger charge is -2.55. The van der Waals surface area contributed by atoms with E-state index < -0.39 is 39.7 Å². The van der Waals surface area contributed by atoms with Crippen molar-refractivity contribution in [2.24, 2.45) is 5.41 Å². The molecule has 2 amide bonds. The number of nitrogens with zero attached hydrogens (tertiary/aromatic N) is 4. The number of carbonyl (C=O) groups excluding carboxylic acids is 2. The van der Waals surface area contributed by atoms with Gasteiger partial charge < -0.3 is 10.0 Å². The van der Waals surface area contributed by atoms with Crippen molar-refractivity contribution in [2.75, 3.05) is 18.1 Å². The van der Waals surface area contributed by atoms with E-state index in [-0.39, 0.29) is 24.0 Å². The summed E-state index contributed by atoms with van der Waals surface area (Å²) in [5, 5.41) is 18.9. The van der Waals surface area contributed by atoms with Crippen LogP contribution in [0, 0.1) is 5.41 Å². The lowest BCUT2D eigenvalue weighted by Crippen LogP contribution is -2.74. The van der Waals surface area contributed by atoms with E-state index in [1.807, 2.05) is 0 Å². The first kappa shape index (κ1) is 21.7. The first-order chi connectivity index (χ1) is 14.3. The molecule has 0 aliphatic carbocycles. The number of hydrogen-bond donors (Lipinski definition) is 1. The van der Waals surface area contributed by atoms with E-state index in [0.717, 1.165) is 4.31 Å². The maximum atomic E-state index is 12.9. The smallest absolute Gasteiger partial charge is 0.313 e. The van der Waals surface area contributed by atoms with Gasteiger partial charge in [0, 0.05) is 25.0 Å². The number of carboxylic acids is 1. The van der Waals surface area contributed by atoms with Crippen molar-refractivity contribution in [3.63, 3.8) is 0 Å². The van der Waals surface area contributed by atoms with Crippen LogP contribution in [0.4, 0.5) is 0 Å². The summed E-state index contributed by atoms with van der Waals surface area (Å²) < 4.78 is 15.2. The van der Waals surface area contributed by atoms with Gasteiger partial charge in [-0.2, -0.15) is 0 Å². The molecule has 1 N–H and O–H groups in total. The van der Waals surface area contributed by atoms with Crippen LogP contribution in [0.1, 0.15) is 6.92 Å². The van der Waals surface area contributed by atoms with Crippen LogP contribution in [0.3, 0.4) is 0 Å². The molecule has 9 nitrogen and oxygen atoms in total. The highest BCUT2D eigenvalue weighted by Crippen LogP contribution is 2.46. The Morgan fingerprint density at radius 1 is 1.47 bits per heavy atom. The Balaban J connectivity index is 1.51. The Labute approximate surface area is 190 Å². The van der Waals surface area contributed by atoms with E-state index in [9.17, 15) is 23.7 Å². The highest BCUT2D eigenvalue weighted by Gasteiger charge is 2.60. The molecular formula is C16H16N4O5S5. The minimum atomic E-state index is -1.78. The maximum Gasteiger partial charge on any atom is 0.313 e. The van der Waals surface area contributed by atoms with Gasteiger partial charge in [-0.25, -0.2) is 8.51 Å². The minimum absolute atomic E-state index is 0.0402. The molecule has 4 heterocycles. The number of thiophene rings is 1. The molecule has 2 aromatic heterocycles. The largest absolute Gasteiger partial charge is 0.481 e. The van der Waals surface area contributed by atoms with Gasteiger partial charge in [-0.3, -0.25) is 14.4 Å². The average molecular weight is 505 g/mol. The topological polar surface area (TPSA) is 121 Å². The van der Waals surface area contributed by atoms with Crippen LogP contribution in [0.15, 0.2) is 31.6 Å². The third-order valence-electron chi connectivity index (χ3n) is 4.79. The summed E-state index contributed by atoms with van der Waals surface area (Å²) in [5.41, 5.74) is 0.446. The van der Waals surface area contributed by atoms with Crippen molar-refractivity contribution in [2.45, 2.75) is 26.9 Å². The molecule has 160 valence electrons. The van der Waals surface area contributed by atoms with Crippen molar-refractivity contribution in [1.82, 2.24) is 19.4 Å². The zero-order valence-corrected chi connectivity index (χ0v) is 19.6. The summed E-state index contributed by atoms with van der Waals surface area (Å²) in [4.78, 5) is 38.8. The van der Waals surface area contributed by atoms with Crippen LogP contribution in [0.25, 0.3) is 0 Å². The molecular weight excluding hydrogens is 489 g/mol. The zero-order chi connectivity index (χ0) is 21.5. The van der Waals surface area contributed by atoms with Gasteiger partial charge in [-0.05, 0) is 11.4 Å². The molecule has 2 fully saturated rings. The Morgan fingerprint density at radius 3 is 2.87 bits per heavy atom. The molecule has 0 spiro atoms. The molecule has 4 rings (SSSR count). The third kappa shape index (κ3) is 3.79. The number of amides is 2. The monoisotopic (exact) mass is 504 g/mol. The van der Waals surface area contributed by atoms with Crippen molar-refractivity contribution < 1.29 is 23.7 Å². The van der Waals surface area contributed by atoms with Crippen LogP contribution >= 0.6 is 46.2 Å². The predicted octanol–water partition coefficient (Wildman–Crippen LogP) is 1.62. The number of thioether (sulfide) groups is 2. The summed E-state index contributed by atoms with van der Waals surface area (Å²) in [6.45, 7) is 1.33. The number of carboxylic acid groups (broad SMARTS) is 1. The second-order valence-electron chi connectivity index (χ2n) is 6.72. The molecule has 2 aliphatic rings. The van der Waals surface area contributed by atoms with E-state index in [4.69, 9.17) is 0 Å². The van der Waals surface area contributed by atoms with Gasteiger partial charge in [-0.1, -0.05) is 29.2 Å². The van der Waals surface area contributed by atoms with Gasteiger partial charge in [0.05, 0.1) is 0 Å². The third-order valence-corrected chi connectivity index (χ3v) is 11.2. The van der Waals surface area contributed by atoms with Crippen LogP contribution < -0.4 is 0 Å². The molecule has 2 aliphatic heterocycles. The molecule has 30 heavy (non-hydrogen) atoms. The fourth-order valence-electron chi connectivity index (χ4n) is 3.27. The Morgan fingerprint density at radius 2 is 2.27 bits per heavy atom. The normalized spacial score (nSPS) is 26.6. The van der Waals surface area contributed by atoms with E-state index in [1.54, 1.807) is 23.0 Å². The lowest BCUT2D eigenvalue weighted by molar-refractivity contribution is -0.161. The second-order valence-corrected chi connectivity index (χ2v) is 12.4. The van der Waals surface area contributed by atoms with Gasteiger partial charge in [0.2, 0.25) is 5.91 Å². The summed E-state index contributed by atoms with van der Waals surface area (Å²) in [6, 6.07) is 2.53. The number of fused-ring (bicyclic) bond motifs is 1. The maximum absolute atomic E-state index is 12.9. The SMILES string of the molecule is CC(=O)N(C1C(=O)N2CC(CSc3nncs3)(C(=O)O)CS[C@H]12)S(=O)c1cccs1. The molecule has 0 bridgehead atoms. The molecule has 4 atom stereocenters. The molecule has 2 aromatic rings. The predicted molar refractivity (Wildman–Crippen MR) is 116 cm³/mol. The minimum Gasteiger partial charge on any atom is -0.481 e. The number of rotatable bonds is 7. The molecule has 3 unspecified atom stereocenters. The van der Waals surface area contributed by atoms with Crippen molar-refractivity contribution in [3.8, 4) is 0 Å². The molecule has 0 aromatic carbocycles. The van der Waals surface area contributed by atoms with Gasteiger partial charge in [0.25, 0.3) is 5.91 Å². The van der Waals surface area contributed by atoms with Gasteiger partial charge in [-0.15, -0.1) is 33.3 Å². The molecule has 0 saturated carbocycles. The first-order valence-electron chi connectivity index (χ1n) is 8.64. The first-order valence-corrected chi connectivity index (χ1v) is 13.5. The highest BCUT2D eigenvalue weighted by atomic mass is 32.2. The van der Waals surface area contributed by atoms with Crippen LogP contribution in [0.5, 0.6) is 0 Å². The quantitative estimate of drug-likeness (QED) is 0.443. The number of aliphatic carboxylic acids is 1. The Hall–Kier alpha value is -1.48. The summed E-state index contributed by atoms with van der Waals surface area (Å²) in [5.74, 6) is -1.28. The molecule has 14 heteroatoms. The summed E-state index contributed by atoms with van der Waals surface area (Å²) in [7, 11) is -1.78. The van der Waals surface area contributed by atoms with Gasteiger partial charge >= 0.3 is 5.97 Å². The number of hydrogen-bond acceptors (Lipinski definition) is 10. The van der Waals surface area contributed by atoms with E-state index in [0.29, 0.717) is 8.55 Å². The van der Waals surface area contributed by atoms with Gasteiger partial charge in [0.1, 0.15) is 20.5 Å². The van der Waals surface area contributed by atoms with E-state index in [1.165, 1.54) is 58.0 Å². The van der Waals surface area contributed by atoms with Crippen LogP contribution in [0.2, 0.25) is 0 Å². The number of carbonyl (C=O) groups is 3. The molecule has 0 radical (unpaired) electrons. The highest BCUT2D eigenvalue weighted by molar-refractivity contribution is 8.01. The van der Waals surface area contributed by atoms with Crippen molar-refractivity contribution >= 4 is 75.0 Å². The van der Waals surface area contributed by atoms with Crippen LogP contribution in [-0.4, -0.2) is 76.0 Å². The standard InChI is InChI=1S/C16H16N4O5S5/c1-9(21)20(30(25)10-3-2-4-26-10)11-12(22)19-5-16(14(23)24,6-27-13(11)19)7-28-15-18-17-8-29-15/h2-4,8,11,13H,5-7H2,1H3,(H,23,24)/t11?,13-,16?,30?/m1/s1. The summed E-state index contributed by atoms with van der Waals surface area (Å²) in [6.07, 6.45) is 0. The fraction of sp³-hybridized carbons (Fsp3) is 0.438.